The Morgan fingerprint density at radius 3 is 2.46 bits per heavy atom. The molecule has 0 unspecified atom stereocenters. The first kappa shape index (κ1) is 30.6. The molecule has 8 nitrogen and oxygen atoms in total. The summed E-state index contributed by atoms with van der Waals surface area (Å²) in [6.45, 7) is 4.57. The highest BCUT2D eigenvalue weighted by atomic mass is 127. The van der Waals surface area contributed by atoms with Gasteiger partial charge in [-0.15, -0.1) is 0 Å². The molecule has 1 heterocycles. The molecule has 0 saturated carbocycles. The van der Waals surface area contributed by atoms with Crippen molar-refractivity contribution >= 4 is 65.3 Å². The summed E-state index contributed by atoms with van der Waals surface area (Å²) < 4.78 is 42.4. The number of carbonyl (C=O) groups is 1. The van der Waals surface area contributed by atoms with E-state index in [1.54, 1.807) is 12.1 Å². The molecule has 5 aromatic rings. The Hall–Kier alpha value is -3.36. The normalized spacial score (nSPS) is 11.0. The predicted octanol–water partition coefficient (Wildman–Crippen LogP) is 7.43. The number of aryl methyl sites for hydroxylation is 1. The van der Waals surface area contributed by atoms with E-state index in [2.05, 4.69) is 45.0 Å². The van der Waals surface area contributed by atoms with Crippen molar-refractivity contribution in [2.75, 3.05) is 18.7 Å². The van der Waals surface area contributed by atoms with Crippen LogP contribution in [0.2, 0.25) is 0 Å². The Morgan fingerprint density at radius 2 is 1.76 bits per heavy atom. The number of hydrogen-bond acceptors (Lipinski definition) is 7. The minimum atomic E-state index is -4.02. The van der Waals surface area contributed by atoms with Gasteiger partial charge < -0.3 is 9.47 Å². The summed E-state index contributed by atoms with van der Waals surface area (Å²) in [4.78, 5) is 17.3. The number of halogens is 1. The van der Waals surface area contributed by atoms with Crippen LogP contribution in [0.3, 0.4) is 0 Å². The lowest BCUT2D eigenvalue weighted by Gasteiger charge is -2.07. The third-order valence-electron chi connectivity index (χ3n) is 5.72. The number of rotatable bonds is 8. The number of ether oxygens (including phenoxy) is 2. The molecule has 41 heavy (non-hydrogen) atoms. The molecule has 11 heteroatoms. The van der Waals surface area contributed by atoms with Gasteiger partial charge in [-0.2, -0.15) is 8.42 Å². The van der Waals surface area contributed by atoms with E-state index in [9.17, 15) is 13.2 Å². The van der Waals surface area contributed by atoms with Crippen molar-refractivity contribution in [3.8, 4) is 16.9 Å². The molecule has 0 aliphatic heterocycles. The average molecular weight is 703 g/mol. The van der Waals surface area contributed by atoms with E-state index >= 15 is 0 Å². The molecule has 4 aromatic carbocycles. The summed E-state index contributed by atoms with van der Waals surface area (Å²) in [6, 6.07) is 27.3. The Balaban J connectivity index is 0.000000296. The van der Waals surface area contributed by atoms with E-state index in [4.69, 9.17) is 14.0 Å². The Kier molecular flexibility index (Phi) is 10.5. The lowest BCUT2D eigenvalue weighted by Crippen LogP contribution is -2.11. The standard InChI is InChI=1S/C23H19IN2O3S.C7H8O3S/c1-2-28-14-29-17-10-11-20-21(13-17)30-23(25-20)26-22(27)16-7-5-6-15(12-16)18-8-3-4-9-19(18)24;1-6-2-4-7(5-3-6)11(8,9)10/h3-13H,2,14H2,1H3,(H,25,26,27);2-5H,1H3,(H,8,9,10). The van der Waals surface area contributed by atoms with Crippen LogP contribution in [-0.4, -0.2) is 37.3 Å². The maximum absolute atomic E-state index is 12.8. The largest absolute Gasteiger partial charge is 0.468 e. The highest BCUT2D eigenvalue weighted by Crippen LogP contribution is 2.30. The lowest BCUT2D eigenvalue weighted by atomic mass is 10.0. The fourth-order valence-corrected chi connectivity index (χ4v) is 5.71. The minimum absolute atomic E-state index is 0.0666. The summed E-state index contributed by atoms with van der Waals surface area (Å²) in [5.74, 6) is 0.525. The van der Waals surface area contributed by atoms with Crippen LogP contribution in [0.4, 0.5) is 5.13 Å². The Bertz CT molecular complexity index is 1750. The SMILES string of the molecule is CCOCOc1ccc2nc(NC(=O)c3cccc(-c4ccccc4I)c3)sc2c1.Cc1ccc(S(=O)(=O)O)cc1. The van der Waals surface area contributed by atoms with Crippen molar-refractivity contribution in [2.45, 2.75) is 18.7 Å². The van der Waals surface area contributed by atoms with Crippen LogP contribution in [0.25, 0.3) is 21.3 Å². The van der Waals surface area contributed by atoms with Gasteiger partial charge >= 0.3 is 0 Å². The average Bonchev–Trinajstić information content (AvgIpc) is 3.35. The van der Waals surface area contributed by atoms with Gasteiger partial charge in [0.1, 0.15) is 5.75 Å². The molecule has 1 amide bonds. The molecule has 0 aliphatic rings. The number of benzene rings is 4. The molecule has 0 atom stereocenters. The number of aromatic nitrogens is 1. The minimum Gasteiger partial charge on any atom is -0.468 e. The van der Waals surface area contributed by atoms with E-state index in [1.807, 2.05) is 68.4 Å². The van der Waals surface area contributed by atoms with Gasteiger partial charge in [0.25, 0.3) is 16.0 Å². The first-order valence-corrected chi connectivity index (χ1v) is 15.8. The summed E-state index contributed by atoms with van der Waals surface area (Å²) in [5, 5.41) is 3.47. The fraction of sp³-hybridized carbons (Fsp3) is 0.133. The second-order valence-corrected chi connectivity index (χ2v) is 12.3. The molecule has 212 valence electrons. The first-order chi connectivity index (χ1) is 19.6. The Morgan fingerprint density at radius 1 is 1.00 bits per heavy atom. The van der Waals surface area contributed by atoms with Gasteiger partial charge in [0.15, 0.2) is 11.9 Å². The van der Waals surface area contributed by atoms with Gasteiger partial charge in [0, 0.05) is 15.7 Å². The van der Waals surface area contributed by atoms with Gasteiger partial charge in [-0.1, -0.05) is 59.4 Å². The number of carbonyl (C=O) groups excluding carboxylic acids is 1. The highest BCUT2D eigenvalue weighted by molar-refractivity contribution is 14.1. The Labute approximate surface area is 256 Å². The molecule has 0 aliphatic carbocycles. The number of nitrogens with zero attached hydrogens (tertiary/aromatic N) is 1. The summed E-state index contributed by atoms with van der Waals surface area (Å²) in [7, 11) is -4.02. The summed E-state index contributed by atoms with van der Waals surface area (Å²) in [5.41, 5.74) is 4.47. The quantitative estimate of drug-likeness (QED) is 0.0748. The van der Waals surface area contributed by atoms with E-state index < -0.39 is 10.1 Å². The maximum Gasteiger partial charge on any atom is 0.294 e. The van der Waals surface area contributed by atoms with Crippen molar-refractivity contribution < 1.29 is 27.2 Å². The third-order valence-corrected chi connectivity index (χ3v) is 8.46. The number of amides is 1. The third kappa shape index (κ3) is 8.57. The molecule has 0 spiro atoms. The van der Waals surface area contributed by atoms with E-state index in [1.165, 1.54) is 23.5 Å². The molecule has 0 bridgehead atoms. The number of nitrogens with one attached hydrogen (secondary N) is 1. The van der Waals surface area contributed by atoms with Crippen molar-refractivity contribution in [1.82, 2.24) is 4.98 Å². The van der Waals surface area contributed by atoms with Crippen LogP contribution < -0.4 is 10.1 Å². The van der Waals surface area contributed by atoms with Gasteiger partial charge in [-0.25, -0.2) is 4.98 Å². The van der Waals surface area contributed by atoms with Gasteiger partial charge in [-0.05, 0) is 96.1 Å². The van der Waals surface area contributed by atoms with Crippen molar-refractivity contribution in [2.24, 2.45) is 0 Å². The first-order valence-electron chi connectivity index (χ1n) is 12.5. The zero-order chi connectivity index (χ0) is 29.4. The predicted molar refractivity (Wildman–Crippen MR) is 170 cm³/mol. The van der Waals surface area contributed by atoms with Crippen LogP contribution >= 0.6 is 33.9 Å². The molecular formula is C30H27IN2O6S2. The van der Waals surface area contributed by atoms with Gasteiger partial charge in [-0.3, -0.25) is 14.7 Å². The van der Waals surface area contributed by atoms with Crippen LogP contribution in [0.1, 0.15) is 22.8 Å². The summed E-state index contributed by atoms with van der Waals surface area (Å²) >= 11 is 3.72. The van der Waals surface area contributed by atoms with E-state index in [0.717, 1.165) is 30.5 Å². The smallest absolute Gasteiger partial charge is 0.294 e. The fourth-order valence-electron chi connectivity index (χ4n) is 3.64. The molecule has 2 N–H and O–H groups in total. The monoisotopic (exact) mass is 702 g/mol. The van der Waals surface area contributed by atoms with Gasteiger partial charge in [0.2, 0.25) is 0 Å². The molecular weight excluding hydrogens is 675 g/mol. The molecule has 0 radical (unpaired) electrons. The second-order valence-electron chi connectivity index (χ2n) is 8.71. The highest BCUT2D eigenvalue weighted by Gasteiger charge is 2.12. The van der Waals surface area contributed by atoms with Crippen molar-refractivity contribution in [1.29, 1.82) is 0 Å². The zero-order valence-corrected chi connectivity index (χ0v) is 26.0. The molecule has 5 rings (SSSR count). The number of anilines is 1. The van der Waals surface area contributed by atoms with Crippen LogP contribution in [0.5, 0.6) is 5.75 Å². The number of fused-ring (bicyclic) bond motifs is 1. The maximum atomic E-state index is 12.8. The van der Waals surface area contributed by atoms with E-state index in [-0.39, 0.29) is 17.6 Å². The zero-order valence-electron chi connectivity index (χ0n) is 22.2. The molecule has 0 saturated heterocycles. The molecule has 1 aromatic heterocycles. The lowest BCUT2D eigenvalue weighted by molar-refractivity contribution is 0.0225. The van der Waals surface area contributed by atoms with Crippen LogP contribution in [0.15, 0.2) is 95.9 Å². The number of thiazole rings is 1. The number of hydrogen-bond donors (Lipinski definition) is 2. The molecule has 0 fully saturated rings. The van der Waals surface area contributed by atoms with E-state index in [0.29, 0.717) is 23.1 Å². The second kappa shape index (κ2) is 14.0. The van der Waals surface area contributed by atoms with Crippen LogP contribution in [-0.2, 0) is 14.9 Å². The topological polar surface area (TPSA) is 115 Å². The van der Waals surface area contributed by atoms with Crippen molar-refractivity contribution in [3.63, 3.8) is 0 Å². The van der Waals surface area contributed by atoms with Gasteiger partial charge in [0.05, 0.1) is 15.1 Å². The van der Waals surface area contributed by atoms with Crippen molar-refractivity contribution in [3.05, 3.63) is 106 Å². The van der Waals surface area contributed by atoms with Crippen LogP contribution in [0, 0.1) is 10.5 Å². The summed E-state index contributed by atoms with van der Waals surface area (Å²) in [6.07, 6.45) is 0.